The number of aliphatic carboxylic acids is 1. The van der Waals surface area contributed by atoms with Crippen molar-refractivity contribution in [2.24, 2.45) is 5.73 Å². The molecular weight excluding hydrogens is 395 g/mol. The van der Waals surface area contributed by atoms with Crippen molar-refractivity contribution in [3.05, 3.63) is 11.3 Å². The number of carboxylic acid groups (broad SMARTS) is 1. The molecule has 4 N–H and O–H groups in total. The summed E-state index contributed by atoms with van der Waals surface area (Å²) in [6.45, 7) is 0. The molecule has 2 atom stereocenters. The molecule has 1 aromatic heterocycles. The molecule has 26 heavy (non-hydrogen) atoms. The summed E-state index contributed by atoms with van der Waals surface area (Å²) in [6, 6.07) is 0. The minimum Gasteiger partial charge on any atom is -0.543 e. The van der Waals surface area contributed by atoms with Crippen LogP contribution in [0.1, 0.15) is 0 Å². The third-order valence-electron chi connectivity index (χ3n) is 3.71. The van der Waals surface area contributed by atoms with Crippen LogP contribution < -0.4 is 51.1 Å². The average Bonchev–Trinajstić information content (AvgIpc) is 3.06. The number of rotatable bonds is 7. The Morgan fingerprint density at radius 1 is 1.62 bits per heavy atom. The van der Waals surface area contributed by atoms with E-state index in [1.165, 1.54) is 28.3 Å². The molecule has 12 nitrogen and oxygen atoms in total. The number of hydrogen-bond donors (Lipinski definition) is 3. The van der Waals surface area contributed by atoms with Crippen LogP contribution >= 0.6 is 23.5 Å². The van der Waals surface area contributed by atoms with Crippen LogP contribution in [0.2, 0.25) is 0 Å². The SMILES string of the molecule is CNn1nnnc1SCC1=C(C(=O)[O-])N2C(=O)[C@](N)(NC=O)[C@@H]2SC1.[Na+]. The summed E-state index contributed by atoms with van der Waals surface area (Å²) >= 11 is 2.47. The zero-order valence-corrected chi connectivity index (χ0v) is 17.5. The Balaban J connectivity index is 0.00000243. The molecular formula is C11H13N8NaO4S2. The van der Waals surface area contributed by atoms with E-state index in [-0.39, 0.29) is 41.0 Å². The minimum atomic E-state index is -1.61. The average molecular weight is 408 g/mol. The van der Waals surface area contributed by atoms with Crippen molar-refractivity contribution in [2.45, 2.75) is 16.2 Å². The predicted octanol–water partition coefficient (Wildman–Crippen LogP) is -6.74. The van der Waals surface area contributed by atoms with E-state index in [0.717, 1.165) is 4.90 Å². The smallest absolute Gasteiger partial charge is 0.543 e. The molecule has 2 amide bonds. The second-order valence-electron chi connectivity index (χ2n) is 5.09. The molecule has 0 saturated carbocycles. The zero-order valence-electron chi connectivity index (χ0n) is 13.8. The fraction of sp³-hybridized carbons (Fsp3) is 0.455. The molecule has 3 rings (SSSR count). The first kappa shape index (κ1) is 21.0. The number of nitrogens with two attached hydrogens (primary N) is 1. The summed E-state index contributed by atoms with van der Waals surface area (Å²) in [5.74, 6) is -1.62. The third kappa shape index (κ3) is 3.32. The summed E-state index contributed by atoms with van der Waals surface area (Å²) in [4.78, 5) is 36.9. The van der Waals surface area contributed by atoms with Gasteiger partial charge in [-0.15, -0.1) is 16.6 Å². The molecule has 134 valence electrons. The van der Waals surface area contributed by atoms with Crippen molar-refractivity contribution in [1.29, 1.82) is 0 Å². The maximum absolute atomic E-state index is 12.3. The first-order valence-corrected chi connectivity index (χ1v) is 8.95. The van der Waals surface area contributed by atoms with Crippen molar-refractivity contribution < 1.29 is 49.0 Å². The fourth-order valence-corrected chi connectivity index (χ4v) is 4.93. The van der Waals surface area contributed by atoms with Gasteiger partial charge in [-0.25, -0.2) is 0 Å². The number of thioether (sulfide) groups is 2. The van der Waals surface area contributed by atoms with Crippen LogP contribution in [0.3, 0.4) is 0 Å². The zero-order chi connectivity index (χ0) is 18.2. The van der Waals surface area contributed by atoms with Gasteiger partial charge in [-0.1, -0.05) is 16.9 Å². The summed E-state index contributed by atoms with van der Waals surface area (Å²) in [6.07, 6.45) is 0.321. The summed E-state index contributed by atoms with van der Waals surface area (Å²) in [7, 11) is 1.63. The van der Waals surface area contributed by atoms with Gasteiger partial charge in [0.05, 0.1) is 11.7 Å². The molecule has 0 aliphatic carbocycles. The van der Waals surface area contributed by atoms with E-state index in [9.17, 15) is 19.5 Å². The Bertz CT molecular complexity index is 773. The van der Waals surface area contributed by atoms with Crippen LogP contribution in [-0.4, -0.2) is 73.1 Å². The molecule has 0 bridgehead atoms. The number of nitrogens with one attached hydrogen (secondary N) is 2. The number of nitrogens with zero attached hydrogens (tertiary/aromatic N) is 5. The van der Waals surface area contributed by atoms with Gasteiger partial charge in [0.2, 0.25) is 17.2 Å². The van der Waals surface area contributed by atoms with Gasteiger partial charge in [0.1, 0.15) is 5.37 Å². The maximum Gasteiger partial charge on any atom is 1.00 e. The number of tetrazole rings is 1. The standard InChI is InChI=1S/C11H14N8O4S2.Na/c1-13-19-10(15-16-17-19)25-3-5-2-24-9-11(12,14-4-20)8(23)18(9)6(5)7(21)22;/h4,9,13H,2-3,12H2,1H3,(H,14,20)(H,21,22);/q;+1/p-1/t9-,11-;/m0./s1. The third-order valence-corrected chi connectivity index (χ3v) is 6.13. The first-order chi connectivity index (χ1) is 11.9. The number of β-lactam (4-membered cyclic amide) rings is 1. The predicted molar refractivity (Wildman–Crippen MR) is 85.1 cm³/mol. The van der Waals surface area contributed by atoms with Gasteiger partial charge < -0.3 is 20.6 Å². The van der Waals surface area contributed by atoms with Crippen molar-refractivity contribution in [3.63, 3.8) is 0 Å². The van der Waals surface area contributed by atoms with Crippen LogP contribution in [0, 0.1) is 0 Å². The van der Waals surface area contributed by atoms with Crippen LogP contribution in [0.4, 0.5) is 0 Å². The molecule has 1 fully saturated rings. The molecule has 2 aliphatic heterocycles. The van der Waals surface area contributed by atoms with Gasteiger partial charge in [0, 0.05) is 18.6 Å². The Morgan fingerprint density at radius 3 is 2.96 bits per heavy atom. The van der Waals surface area contributed by atoms with Gasteiger partial charge in [0.25, 0.3) is 5.91 Å². The number of carbonyl (C=O) groups excluding carboxylic acids is 3. The number of amides is 2. The fourth-order valence-electron chi connectivity index (χ4n) is 2.54. The number of carbonyl (C=O) groups is 3. The van der Waals surface area contributed by atoms with E-state index in [1.54, 1.807) is 7.05 Å². The Hall–Kier alpha value is -1.32. The first-order valence-electron chi connectivity index (χ1n) is 6.91. The quantitative estimate of drug-likeness (QED) is 0.129. The van der Waals surface area contributed by atoms with E-state index in [2.05, 4.69) is 26.3 Å². The normalized spacial score (nSPS) is 24.3. The topological polar surface area (TPSA) is 171 Å². The number of aromatic nitrogens is 4. The Morgan fingerprint density at radius 2 is 2.35 bits per heavy atom. The van der Waals surface area contributed by atoms with E-state index in [1.807, 2.05) is 0 Å². The van der Waals surface area contributed by atoms with Crippen LogP contribution in [0.25, 0.3) is 0 Å². The minimum absolute atomic E-state index is 0. The van der Waals surface area contributed by atoms with Gasteiger partial charge in [0.15, 0.2) is 0 Å². The molecule has 0 aromatic carbocycles. The molecule has 1 saturated heterocycles. The molecule has 0 radical (unpaired) electrons. The second kappa shape index (κ2) is 8.14. The molecule has 1 aromatic rings. The van der Waals surface area contributed by atoms with Gasteiger partial charge in [-0.3, -0.25) is 20.2 Å². The molecule has 3 heterocycles. The van der Waals surface area contributed by atoms with Crippen LogP contribution in [0.5, 0.6) is 0 Å². The molecule has 0 spiro atoms. The van der Waals surface area contributed by atoms with Gasteiger partial charge in [-0.2, -0.15) is 0 Å². The molecule has 15 heteroatoms. The van der Waals surface area contributed by atoms with Crippen LogP contribution in [0.15, 0.2) is 16.4 Å². The van der Waals surface area contributed by atoms with Crippen molar-refractivity contribution in [2.75, 3.05) is 24.0 Å². The van der Waals surface area contributed by atoms with Crippen molar-refractivity contribution in [3.8, 4) is 0 Å². The maximum atomic E-state index is 12.3. The Labute approximate surface area is 177 Å². The van der Waals surface area contributed by atoms with Gasteiger partial charge in [-0.05, 0) is 16.0 Å². The number of hydrogen-bond acceptors (Lipinski definition) is 11. The summed E-state index contributed by atoms with van der Waals surface area (Å²) in [5, 5.41) is 24.6. The summed E-state index contributed by atoms with van der Waals surface area (Å²) < 4.78 is 0. The van der Waals surface area contributed by atoms with E-state index >= 15 is 0 Å². The van der Waals surface area contributed by atoms with Crippen molar-refractivity contribution >= 4 is 41.8 Å². The largest absolute Gasteiger partial charge is 1.00 e. The molecule has 0 unspecified atom stereocenters. The monoisotopic (exact) mass is 408 g/mol. The molecule has 2 aliphatic rings. The summed E-state index contributed by atoms with van der Waals surface area (Å²) in [5.41, 5.74) is 7.27. The van der Waals surface area contributed by atoms with E-state index < -0.39 is 22.9 Å². The number of carboxylic acids is 1. The Kier molecular flexibility index (Phi) is 6.57. The van der Waals surface area contributed by atoms with Gasteiger partial charge >= 0.3 is 29.6 Å². The van der Waals surface area contributed by atoms with E-state index in [0.29, 0.717) is 22.9 Å². The van der Waals surface area contributed by atoms with Crippen LogP contribution in [-0.2, 0) is 14.4 Å². The van der Waals surface area contributed by atoms with Crippen molar-refractivity contribution in [1.82, 2.24) is 30.5 Å². The number of fused-ring (bicyclic) bond motifs is 1. The second-order valence-corrected chi connectivity index (χ2v) is 7.11. The van der Waals surface area contributed by atoms with E-state index in [4.69, 9.17) is 5.73 Å².